The molecular formula is C8H17O3P. The first-order valence-corrected chi connectivity index (χ1v) is 5.90. The van der Waals surface area contributed by atoms with Crippen LogP contribution >= 0.6 is 7.60 Å². The van der Waals surface area contributed by atoms with Crippen molar-refractivity contribution < 1.29 is 13.6 Å². The molecule has 0 atom stereocenters. The molecule has 0 aromatic heterocycles. The molecule has 0 aromatic carbocycles. The van der Waals surface area contributed by atoms with Crippen molar-refractivity contribution in [3.8, 4) is 0 Å². The van der Waals surface area contributed by atoms with Gasteiger partial charge >= 0.3 is 7.60 Å². The zero-order valence-corrected chi connectivity index (χ0v) is 8.84. The Morgan fingerprint density at radius 3 is 2.08 bits per heavy atom. The molecule has 0 saturated heterocycles. The Kier molecular flexibility index (Phi) is 6.35. The van der Waals surface area contributed by atoms with Gasteiger partial charge in [-0.15, -0.1) is 0 Å². The fourth-order valence-electron chi connectivity index (χ4n) is 0.771. The van der Waals surface area contributed by atoms with Crippen molar-refractivity contribution >= 4 is 7.60 Å². The molecule has 0 radical (unpaired) electrons. The lowest BCUT2D eigenvalue weighted by atomic mass is 10.6. The Morgan fingerprint density at radius 1 is 1.25 bits per heavy atom. The summed E-state index contributed by atoms with van der Waals surface area (Å²) in [5.74, 6) is 0. The molecule has 4 heteroatoms. The second-order valence-corrected chi connectivity index (χ2v) is 4.30. The molecule has 0 N–H and O–H groups in total. The SMILES string of the molecule is C/C=C\CP(=O)(OCC)OCC. The third kappa shape index (κ3) is 4.70. The molecule has 72 valence electrons. The molecule has 0 bridgehead atoms. The van der Waals surface area contributed by atoms with Crippen LogP contribution in [0.15, 0.2) is 12.2 Å². The lowest BCUT2D eigenvalue weighted by Gasteiger charge is -2.14. The zero-order valence-electron chi connectivity index (χ0n) is 7.95. The van der Waals surface area contributed by atoms with E-state index in [1.54, 1.807) is 19.9 Å². The van der Waals surface area contributed by atoms with E-state index in [2.05, 4.69) is 0 Å². The summed E-state index contributed by atoms with van der Waals surface area (Å²) >= 11 is 0. The smallest absolute Gasteiger partial charge is 0.309 e. The van der Waals surface area contributed by atoms with Gasteiger partial charge in [0.05, 0.1) is 19.4 Å². The maximum Gasteiger partial charge on any atom is 0.334 e. The average molecular weight is 192 g/mol. The van der Waals surface area contributed by atoms with E-state index in [1.165, 1.54) is 0 Å². The van der Waals surface area contributed by atoms with Gasteiger partial charge < -0.3 is 9.05 Å². The first-order valence-electron chi connectivity index (χ1n) is 4.17. The predicted octanol–water partition coefficient (Wildman–Crippen LogP) is 2.83. The van der Waals surface area contributed by atoms with Crippen LogP contribution in [0, 0.1) is 0 Å². The second kappa shape index (κ2) is 6.41. The summed E-state index contributed by atoms with van der Waals surface area (Å²) in [6, 6.07) is 0. The van der Waals surface area contributed by atoms with Crippen molar-refractivity contribution in [1.29, 1.82) is 0 Å². The molecule has 12 heavy (non-hydrogen) atoms. The summed E-state index contributed by atoms with van der Waals surface area (Å²) in [5.41, 5.74) is 0. The molecule has 0 unspecified atom stereocenters. The molecule has 0 heterocycles. The van der Waals surface area contributed by atoms with E-state index in [1.807, 2.05) is 13.0 Å². The minimum absolute atomic E-state index is 0.366. The quantitative estimate of drug-likeness (QED) is 0.479. The first kappa shape index (κ1) is 11.9. The lowest BCUT2D eigenvalue weighted by Crippen LogP contribution is -1.98. The van der Waals surface area contributed by atoms with Gasteiger partial charge in [-0.05, 0) is 20.8 Å². The summed E-state index contributed by atoms with van der Waals surface area (Å²) in [4.78, 5) is 0. The van der Waals surface area contributed by atoms with E-state index in [0.717, 1.165) is 0 Å². The van der Waals surface area contributed by atoms with E-state index in [0.29, 0.717) is 19.4 Å². The van der Waals surface area contributed by atoms with Gasteiger partial charge in [-0.25, -0.2) is 0 Å². The standard InChI is InChI=1S/C8H17O3P/c1-4-7-8-12(9,10-5-2)11-6-3/h4,7H,5-6,8H2,1-3H3/b7-4-. The van der Waals surface area contributed by atoms with E-state index in [9.17, 15) is 4.57 Å². The lowest BCUT2D eigenvalue weighted by molar-refractivity contribution is 0.222. The van der Waals surface area contributed by atoms with Crippen molar-refractivity contribution in [2.45, 2.75) is 20.8 Å². The maximum atomic E-state index is 11.7. The van der Waals surface area contributed by atoms with Crippen LogP contribution in [-0.4, -0.2) is 19.4 Å². The molecule has 0 aliphatic rings. The molecule has 0 aliphatic heterocycles. The monoisotopic (exact) mass is 192 g/mol. The molecular weight excluding hydrogens is 175 g/mol. The van der Waals surface area contributed by atoms with Gasteiger partial charge in [0.2, 0.25) is 0 Å². The molecule has 0 fully saturated rings. The van der Waals surface area contributed by atoms with Crippen LogP contribution < -0.4 is 0 Å². The van der Waals surface area contributed by atoms with Gasteiger partial charge in [0, 0.05) is 0 Å². The van der Waals surface area contributed by atoms with Crippen molar-refractivity contribution in [2.24, 2.45) is 0 Å². The van der Waals surface area contributed by atoms with Crippen molar-refractivity contribution in [3.05, 3.63) is 12.2 Å². The summed E-state index contributed by atoms with van der Waals surface area (Å²) in [6.07, 6.45) is 4.00. The molecule has 0 saturated carbocycles. The molecule has 0 amide bonds. The third-order valence-electron chi connectivity index (χ3n) is 1.22. The molecule has 0 spiro atoms. The molecule has 0 aliphatic carbocycles. The minimum atomic E-state index is -2.82. The number of hydrogen-bond acceptors (Lipinski definition) is 3. The fraction of sp³-hybridized carbons (Fsp3) is 0.750. The largest absolute Gasteiger partial charge is 0.334 e. The van der Waals surface area contributed by atoms with Crippen LogP contribution in [0.1, 0.15) is 20.8 Å². The highest BCUT2D eigenvalue weighted by Crippen LogP contribution is 2.47. The highest BCUT2D eigenvalue weighted by atomic mass is 31.2. The van der Waals surface area contributed by atoms with E-state index >= 15 is 0 Å². The van der Waals surface area contributed by atoms with E-state index in [4.69, 9.17) is 9.05 Å². The normalized spacial score (nSPS) is 12.6. The van der Waals surface area contributed by atoms with E-state index in [-0.39, 0.29) is 0 Å². The number of hydrogen-bond donors (Lipinski definition) is 0. The zero-order chi connectivity index (χ0) is 9.45. The highest BCUT2D eigenvalue weighted by Gasteiger charge is 2.20. The minimum Gasteiger partial charge on any atom is -0.309 e. The Bertz CT molecular complexity index is 167. The van der Waals surface area contributed by atoms with Crippen LogP contribution in [0.3, 0.4) is 0 Å². The third-order valence-corrected chi connectivity index (χ3v) is 3.18. The van der Waals surface area contributed by atoms with Crippen molar-refractivity contribution in [3.63, 3.8) is 0 Å². The molecule has 0 aromatic rings. The van der Waals surface area contributed by atoms with Gasteiger partial charge in [0.15, 0.2) is 0 Å². The topological polar surface area (TPSA) is 35.5 Å². The molecule has 3 nitrogen and oxygen atoms in total. The second-order valence-electron chi connectivity index (χ2n) is 2.20. The van der Waals surface area contributed by atoms with Crippen LogP contribution in [0.25, 0.3) is 0 Å². The fourth-order valence-corrected chi connectivity index (χ4v) is 2.31. The predicted molar refractivity (Wildman–Crippen MR) is 50.5 cm³/mol. The Labute approximate surface area is 74.3 Å². The van der Waals surface area contributed by atoms with Crippen LogP contribution in [0.2, 0.25) is 0 Å². The van der Waals surface area contributed by atoms with Gasteiger partial charge in [-0.3, -0.25) is 4.57 Å². The summed E-state index contributed by atoms with van der Waals surface area (Å²) in [5, 5.41) is 0. The summed E-state index contributed by atoms with van der Waals surface area (Å²) < 4.78 is 21.8. The van der Waals surface area contributed by atoms with Gasteiger partial charge in [0.25, 0.3) is 0 Å². The Balaban J connectivity index is 4.08. The summed E-state index contributed by atoms with van der Waals surface area (Å²) in [6.45, 7) is 6.34. The van der Waals surface area contributed by atoms with Crippen molar-refractivity contribution in [2.75, 3.05) is 19.4 Å². The van der Waals surface area contributed by atoms with Gasteiger partial charge in [-0.1, -0.05) is 12.2 Å². The average Bonchev–Trinajstić information content (AvgIpc) is 2.02. The maximum absolute atomic E-state index is 11.7. The van der Waals surface area contributed by atoms with Crippen LogP contribution in [0.5, 0.6) is 0 Å². The Morgan fingerprint density at radius 2 is 1.75 bits per heavy atom. The van der Waals surface area contributed by atoms with Gasteiger partial charge in [0.1, 0.15) is 0 Å². The number of rotatable bonds is 6. The van der Waals surface area contributed by atoms with Crippen molar-refractivity contribution in [1.82, 2.24) is 0 Å². The Hall–Kier alpha value is -0.110. The van der Waals surface area contributed by atoms with Crippen LogP contribution in [-0.2, 0) is 13.6 Å². The van der Waals surface area contributed by atoms with E-state index < -0.39 is 7.60 Å². The highest BCUT2D eigenvalue weighted by molar-refractivity contribution is 7.54. The van der Waals surface area contributed by atoms with Crippen LogP contribution in [0.4, 0.5) is 0 Å². The van der Waals surface area contributed by atoms with Gasteiger partial charge in [-0.2, -0.15) is 0 Å². The summed E-state index contributed by atoms with van der Waals surface area (Å²) in [7, 11) is -2.82. The number of allylic oxidation sites excluding steroid dienone is 2. The molecule has 0 rings (SSSR count). The first-order chi connectivity index (χ1) is 5.68.